The van der Waals surface area contributed by atoms with Crippen molar-refractivity contribution in [2.45, 2.75) is 39.3 Å². The van der Waals surface area contributed by atoms with E-state index in [1.807, 2.05) is 36.3 Å². The lowest BCUT2D eigenvalue weighted by Gasteiger charge is -2.26. The second-order valence-electron chi connectivity index (χ2n) is 4.02. The van der Waals surface area contributed by atoms with Gasteiger partial charge in [-0.15, -0.1) is 11.3 Å². The van der Waals surface area contributed by atoms with E-state index in [2.05, 4.69) is 0 Å². The van der Waals surface area contributed by atoms with Crippen molar-refractivity contribution < 1.29 is 9.90 Å². The van der Waals surface area contributed by atoms with E-state index in [4.69, 9.17) is 5.11 Å². The summed E-state index contributed by atoms with van der Waals surface area (Å²) in [5.74, 6) is 0.123. The van der Waals surface area contributed by atoms with E-state index in [-0.39, 0.29) is 18.6 Å². The van der Waals surface area contributed by atoms with Crippen LogP contribution in [-0.2, 0) is 11.3 Å². The number of carbonyl (C=O) groups is 1. The summed E-state index contributed by atoms with van der Waals surface area (Å²) < 4.78 is 0. The average molecular weight is 241 g/mol. The number of rotatable bonds is 6. The molecule has 0 aliphatic rings. The molecule has 3 nitrogen and oxygen atoms in total. The van der Waals surface area contributed by atoms with Gasteiger partial charge in [0.25, 0.3) is 0 Å². The molecule has 1 N–H and O–H groups in total. The highest BCUT2D eigenvalue weighted by atomic mass is 32.1. The predicted octanol–water partition coefficient (Wildman–Crippen LogP) is 2.26. The van der Waals surface area contributed by atoms with Crippen molar-refractivity contribution >= 4 is 17.2 Å². The van der Waals surface area contributed by atoms with Crippen LogP contribution in [0.15, 0.2) is 17.5 Å². The van der Waals surface area contributed by atoms with Gasteiger partial charge < -0.3 is 10.0 Å². The van der Waals surface area contributed by atoms with Crippen molar-refractivity contribution in [3.63, 3.8) is 0 Å². The van der Waals surface area contributed by atoms with Gasteiger partial charge in [-0.05, 0) is 31.7 Å². The van der Waals surface area contributed by atoms with Crippen molar-refractivity contribution in [1.29, 1.82) is 0 Å². The lowest BCUT2D eigenvalue weighted by Crippen LogP contribution is -2.36. The summed E-state index contributed by atoms with van der Waals surface area (Å²) >= 11 is 1.67. The first-order chi connectivity index (χ1) is 7.65. The first-order valence-corrected chi connectivity index (χ1v) is 6.46. The number of nitrogens with zero attached hydrogens (tertiary/aromatic N) is 1. The smallest absolute Gasteiger partial charge is 0.223 e. The molecule has 0 unspecified atom stereocenters. The first kappa shape index (κ1) is 13.2. The Morgan fingerprint density at radius 2 is 2.31 bits per heavy atom. The largest absolute Gasteiger partial charge is 0.396 e. The Kier molecular flexibility index (Phi) is 5.49. The highest BCUT2D eigenvalue weighted by Crippen LogP contribution is 2.15. The van der Waals surface area contributed by atoms with Crippen molar-refractivity contribution in [3.05, 3.63) is 22.4 Å². The molecule has 16 heavy (non-hydrogen) atoms. The van der Waals surface area contributed by atoms with E-state index in [1.165, 1.54) is 4.88 Å². The van der Waals surface area contributed by atoms with Crippen LogP contribution < -0.4 is 0 Å². The Balaban J connectivity index is 2.57. The third kappa shape index (κ3) is 3.94. The number of hydrogen-bond acceptors (Lipinski definition) is 3. The number of hydrogen-bond donors (Lipinski definition) is 1. The third-order valence-corrected chi connectivity index (χ3v) is 3.26. The minimum absolute atomic E-state index is 0.0800. The Hall–Kier alpha value is -0.870. The number of amides is 1. The van der Waals surface area contributed by atoms with Gasteiger partial charge in [-0.1, -0.05) is 6.07 Å². The summed E-state index contributed by atoms with van der Waals surface area (Å²) in [4.78, 5) is 15.0. The van der Waals surface area contributed by atoms with Crippen LogP contribution in [0, 0.1) is 0 Å². The van der Waals surface area contributed by atoms with Gasteiger partial charge in [-0.3, -0.25) is 4.79 Å². The lowest BCUT2D eigenvalue weighted by atomic mass is 10.2. The molecule has 0 atom stereocenters. The third-order valence-electron chi connectivity index (χ3n) is 2.40. The van der Waals surface area contributed by atoms with Gasteiger partial charge in [0.05, 0.1) is 6.54 Å². The lowest BCUT2D eigenvalue weighted by molar-refractivity contribution is -0.133. The number of carbonyl (C=O) groups excluding carboxylic acids is 1. The fourth-order valence-corrected chi connectivity index (χ4v) is 2.21. The maximum atomic E-state index is 11.9. The predicted molar refractivity (Wildman–Crippen MR) is 66.3 cm³/mol. The zero-order valence-corrected chi connectivity index (χ0v) is 10.7. The molecule has 0 spiro atoms. The maximum Gasteiger partial charge on any atom is 0.223 e. The monoisotopic (exact) mass is 241 g/mol. The fourth-order valence-electron chi connectivity index (χ4n) is 1.50. The van der Waals surface area contributed by atoms with E-state index in [0.29, 0.717) is 19.4 Å². The fraction of sp³-hybridized carbons (Fsp3) is 0.583. The summed E-state index contributed by atoms with van der Waals surface area (Å²) in [6, 6.07) is 4.24. The zero-order chi connectivity index (χ0) is 12.0. The van der Waals surface area contributed by atoms with Crippen LogP contribution in [-0.4, -0.2) is 28.6 Å². The summed E-state index contributed by atoms with van der Waals surface area (Å²) in [5.41, 5.74) is 0. The van der Waals surface area contributed by atoms with Crippen LogP contribution in [0.25, 0.3) is 0 Å². The van der Waals surface area contributed by atoms with E-state index in [0.717, 1.165) is 0 Å². The summed E-state index contributed by atoms with van der Waals surface area (Å²) in [7, 11) is 0. The first-order valence-electron chi connectivity index (χ1n) is 5.58. The van der Waals surface area contributed by atoms with E-state index < -0.39 is 0 Å². The zero-order valence-electron chi connectivity index (χ0n) is 9.85. The highest BCUT2D eigenvalue weighted by molar-refractivity contribution is 7.09. The Morgan fingerprint density at radius 1 is 1.56 bits per heavy atom. The van der Waals surface area contributed by atoms with Crippen molar-refractivity contribution in [3.8, 4) is 0 Å². The normalized spacial score (nSPS) is 10.8. The van der Waals surface area contributed by atoms with Crippen molar-refractivity contribution in [1.82, 2.24) is 4.90 Å². The molecule has 4 heteroatoms. The molecule has 1 heterocycles. The molecule has 1 aromatic rings. The molecule has 0 aliphatic heterocycles. The average Bonchev–Trinajstić information content (AvgIpc) is 2.74. The maximum absolute atomic E-state index is 11.9. The molecule has 0 aromatic carbocycles. The standard InChI is InChI=1S/C12H19NO2S/c1-10(2)13(12(15)6-3-7-14)9-11-5-4-8-16-11/h4-5,8,10,14H,3,6-7,9H2,1-2H3. The number of aliphatic hydroxyl groups is 1. The van der Waals surface area contributed by atoms with Gasteiger partial charge in [0, 0.05) is 23.9 Å². The minimum atomic E-state index is 0.0800. The van der Waals surface area contributed by atoms with Crippen LogP contribution in [0.4, 0.5) is 0 Å². The van der Waals surface area contributed by atoms with Gasteiger partial charge >= 0.3 is 0 Å². The molecule has 1 aromatic heterocycles. The molecule has 0 aliphatic carbocycles. The minimum Gasteiger partial charge on any atom is -0.396 e. The molecule has 1 rings (SSSR count). The molecule has 0 saturated carbocycles. The molecule has 1 amide bonds. The van der Waals surface area contributed by atoms with Gasteiger partial charge in [0.1, 0.15) is 0 Å². The highest BCUT2D eigenvalue weighted by Gasteiger charge is 2.16. The van der Waals surface area contributed by atoms with E-state index in [1.54, 1.807) is 11.3 Å². The molecule has 90 valence electrons. The van der Waals surface area contributed by atoms with Gasteiger partial charge in [-0.25, -0.2) is 0 Å². The molecular formula is C12H19NO2S. The summed E-state index contributed by atoms with van der Waals surface area (Å²) in [6.45, 7) is 4.80. The Bertz CT molecular complexity index is 309. The van der Waals surface area contributed by atoms with Gasteiger partial charge in [0.2, 0.25) is 5.91 Å². The van der Waals surface area contributed by atoms with Crippen LogP contribution in [0.1, 0.15) is 31.6 Å². The molecule has 0 fully saturated rings. The number of aliphatic hydroxyl groups excluding tert-OH is 1. The summed E-state index contributed by atoms with van der Waals surface area (Å²) in [5, 5.41) is 10.7. The second kappa shape index (κ2) is 6.66. The van der Waals surface area contributed by atoms with E-state index in [9.17, 15) is 4.79 Å². The Labute approximate surface area is 101 Å². The SMILES string of the molecule is CC(C)N(Cc1cccs1)C(=O)CCCO. The van der Waals surface area contributed by atoms with Crippen molar-refractivity contribution in [2.24, 2.45) is 0 Å². The number of thiophene rings is 1. The van der Waals surface area contributed by atoms with Crippen LogP contribution in [0.3, 0.4) is 0 Å². The van der Waals surface area contributed by atoms with Gasteiger partial charge in [0.15, 0.2) is 0 Å². The molecular weight excluding hydrogens is 222 g/mol. The van der Waals surface area contributed by atoms with Crippen molar-refractivity contribution in [2.75, 3.05) is 6.61 Å². The molecule has 0 bridgehead atoms. The van der Waals surface area contributed by atoms with Crippen LogP contribution in [0.5, 0.6) is 0 Å². The second-order valence-corrected chi connectivity index (χ2v) is 5.05. The summed E-state index contributed by atoms with van der Waals surface area (Å²) in [6.07, 6.45) is 0.979. The Morgan fingerprint density at radius 3 is 2.81 bits per heavy atom. The quantitative estimate of drug-likeness (QED) is 0.830. The molecule has 0 saturated heterocycles. The molecule has 0 radical (unpaired) electrons. The van der Waals surface area contributed by atoms with E-state index >= 15 is 0 Å². The van der Waals surface area contributed by atoms with Gasteiger partial charge in [-0.2, -0.15) is 0 Å². The van der Waals surface area contributed by atoms with Crippen LogP contribution >= 0.6 is 11.3 Å². The van der Waals surface area contributed by atoms with Crippen LogP contribution in [0.2, 0.25) is 0 Å². The topological polar surface area (TPSA) is 40.5 Å².